The Morgan fingerprint density at radius 3 is 3.04 bits per heavy atom. The van der Waals surface area contributed by atoms with Crippen molar-refractivity contribution < 1.29 is 9.18 Å². The first-order chi connectivity index (χ1) is 11.2. The maximum Gasteiger partial charge on any atom is 0.249 e. The normalized spacial score (nSPS) is 20.7. The number of hydrogen-bond acceptors (Lipinski definition) is 4. The number of fused-ring (bicyclic) bond motifs is 1. The monoisotopic (exact) mass is 331 g/mol. The van der Waals surface area contributed by atoms with Gasteiger partial charge in [-0.15, -0.1) is 11.3 Å². The summed E-state index contributed by atoms with van der Waals surface area (Å²) in [7, 11) is 0. The second-order valence-electron chi connectivity index (χ2n) is 6.03. The molecule has 23 heavy (non-hydrogen) atoms. The van der Waals surface area contributed by atoms with Crippen LogP contribution in [0.2, 0.25) is 0 Å². The quantitative estimate of drug-likeness (QED) is 0.848. The fraction of sp³-hybridized carbons (Fsp3) is 0.412. The Balaban J connectivity index is 1.64. The Kier molecular flexibility index (Phi) is 3.77. The van der Waals surface area contributed by atoms with Crippen LogP contribution in [0.5, 0.6) is 0 Å². The summed E-state index contributed by atoms with van der Waals surface area (Å²) in [6, 6.07) is 4.59. The first-order valence-electron chi connectivity index (χ1n) is 8.00. The molecule has 1 amide bonds. The van der Waals surface area contributed by atoms with Crippen molar-refractivity contribution in [1.29, 1.82) is 0 Å². The van der Waals surface area contributed by atoms with Gasteiger partial charge >= 0.3 is 0 Å². The van der Waals surface area contributed by atoms with E-state index in [9.17, 15) is 9.18 Å². The van der Waals surface area contributed by atoms with Crippen molar-refractivity contribution >= 4 is 28.1 Å². The highest BCUT2D eigenvalue weighted by Crippen LogP contribution is 2.33. The van der Waals surface area contributed by atoms with Gasteiger partial charge in [0.2, 0.25) is 5.91 Å². The molecule has 0 bridgehead atoms. The zero-order valence-corrected chi connectivity index (χ0v) is 13.6. The van der Waals surface area contributed by atoms with E-state index < -0.39 is 0 Å². The van der Waals surface area contributed by atoms with Gasteiger partial charge in [-0.25, -0.2) is 9.37 Å². The molecule has 1 aromatic heterocycles. The van der Waals surface area contributed by atoms with Crippen LogP contribution in [-0.4, -0.2) is 30.0 Å². The van der Waals surface area contributed by atoms with Gasteiger partial charge in [0.1, 0.15) is 11.9 Å². The van der Waals surface area contributed by atoms with Gasteiger partial charge in [-0.1, -0.05) is 6.07 Å². The molecule has 2 aliphatic rings. The van der Waals surface area contributed by atoms with Gasteiger partial charge in [0.05, 0.1) is 0 Å². The number of aromatic nitrogens is 1. The summed E-state index contributed by atoms with van der Waals surface area (Å²) >= 11 is 1.56. The van der Waals surface area contributed by atoms with E-state index in [4.69, 9.17) is 0 Å². The predicted molar refractivity (Wildman–Crippen MR) is 89.6 cm³/mol. The van der Waals surface area contributed by atoms with E-state index in [-0.39, 0.29) is 17.8 Å². The first kappa shape index (κ1) is 14.6. The summed E-state index contributed by atoms with van der Waals surface area (Å²) in [5, 5.41) is 2.83. The van der Waals surface area contributed by atoms with Crippen LogP contribution in [0, 0.1) is 5.82 Å². The zero-order chi connectivity index (χ0) is 15.8. The van der Waals surface area contributed by atoms with E-state index >= 15 is 0 Å². The van der Waals surface area contributed by atoms with Crippen molar-refractivity contribution in [2.24, 2.45) is 0 Å². The highest BCUT2D eigenvalue weighted by atomic mass is 32.1. The maximum absolute atomic E-state index is 13.7. The number of nitrogens with zero attached hydrogens (tertiary/aromatic N) is 3. The highest BCUT2D eigenvalue weighted by Gasteiger charge is 2.36. The molecule has 1 aromatic carbocycles. The molecule has 1 saturated heterocycles. The Labute approximate surface area is 138 Å². The molecule has 0 saturated carbocycles. The molecule has 6 heteroatoms. The minimum atomic E-state index is -0.286. The van der Waals surface area contributed by atoms with Gasteiger partial charge in [0, 0.05) is 30.4 Å². The van der Waals surface area contributed by atoms with E-state index in [2.05, 4.69) is 9.88 Å². The van der Waals surface area contributed by atoms with E-state index in [0.717, 1.165) is 48.6 Å². The standard InChI is InChI=1S/C17H18FN3OS/c18-13-6-5-12-3-1-8-20(15(12)11-13)16(22)14-4-2-9-21(14)17-19-7-10-23-17/h5-7,10-11,14H,1-4,8-9H2/t14-/m0/s1. The molecule has 0 unspecified atom stereocenters. The number of halogens is 1. The van der Waals surface area contributed by atoms with Crippen LogP contribution in [0.1, 0.15) is 24.8 Å². The molecular weight excluding hydrogens is 313 g/mol. The van der Waals surface area contributed by atoms with Crippen LogP contribution in [0.15, 0.2) is 29.8 Å². The molecule has 2 aliphatic heterocycles. The molecule has 0 N–H and O–H groups in total. The number of thiazole rings is 1. The molecule has 4 rings (SSSR count). The Morgan fingerprint density at radius 2 is 2.22 bits per heavy atom. The number of amides is 1. The Bertz CT molecular complexity index is 719. The lowest BCUT2D eigenvalue weighted by atomic mass is 10.0. The minimum absolute atomic E-state index is 0.0734. The lowest BCUT2D eigenvalue weighted by Crippen LogP contribution is -2.47. The number of anilines is 2. The lowest BCUT2D eigenvalue weighted by Gasteiger charge is -2.34. The van der Waals surface area contributed by atoms with Crippen molar-refractivity contribution in [2.75, 3.05) is 22.9 Å². The molecule has 0 spiro atoms. The van der Waals surface area contributed by atoms with Gasteiger partial charge in [0.25, 0.3) is 0 Å². The molecular formula is C17H18FN3OS. The van der Waals surface area contributed by atoms with Crippen LogP contribution in [-0.2, 0) is 11.2 Å². The fourth-order valence-electron chi connectivity index (χ4n) is 3.57. The number of benzene rings is 1. The van der Waals surface area contributed by atoms with Crippen molar-refractivity contribution in [3.8, 4) is 0 Å². The third kappa shape index (κ3) is 2.61. The minimum Gasteiger partial charge on any atom is -0.336 e. The van der Waals surface area contributed by atoms with E-state index in [1.54, 1.807) is 28.5 Å². The molecule has 0 radical (unpaired) electrons. The average molecular weight is 331 g/mol. The highest BCUT2D eigenvalue weighted by molar-refractivity contribution is 7.13. The molecule has 3 heterocycles. The molecule has 2 aromatic rings. The third-order valence-electron chi connectivity index (χ3n) is 4.63. The van der Waals surface area contributed by atoms with Crippen LogP contribution in [0.25, 0.3) is 0 Å². The molecule has 1 fully saturated rings. The summed E-state index contributed by atoms with van der Waals surface area (Å²) < 4.78 is 13.7. The van der Waals surface area contributed by atoms with Crippen molar-refractivity contribution in [3.05, 3.63) is 41.2 Å². The second kappa shape index (κ2) is 5.92. The van der Waals surface area contributed by atoms with E-state index in [1.807, 2.05) is 5.38 Å². The summed E-state index contributed by atoms with van der Waals surface area (Å²) in [5.74, 6) is -0.212. The zero-order valence-electron chi connectivity index (χ0n) is 12.7. The summed E-state index contributed by atoms with van der Waals surface area (Å²) in [6.45, 7) is 1.52. The Hall–Kier alpha value is -1.95. The van der Waals surface area contributed by atoms with Crippen molar-refractivity contribution in [3.63, 3.8) is 0 Å². The maximum atomic E-state index is 13.7. The van der Waals surface area contributed by atoms with Gasteiger partial charge < -0.3 is 9.80 Å². The summed E-state index contributed by atoms with van der Waals surface area (Å²) in [4.78, 5) is 21.3. The average Bonchev–Trinajstić information content (AvgIpc) is 3.24. The molecule has 0 aliphatic carbocycles. The van der Waals surface area contributed by atoms with Crippen LogP contribution >= 0.6 is 11.3 Å². The third-order valence-corrected chi connectivity index (χ3v) is 5.44. The number of carbonyl (C=O) groups excluding carboxylic acids is 1. The topological polar surface area (TPSA) is 36.4 Å². The predicted octanol–water partition coefficient (Wildman–Crippen LogP) is 3.23. The number of hydrogen-bond donors (Lipinski definition) is 0. The SMILES string of the molecule is O=C([C@@H]1CCCN1c1nccs1)N1CCCc2ccc(F)cc21. The second-order valence-corrected chi connectivity index (χ2v) is 6.91. The van der Waals surface area contributed by atoms with Gasteiger partial charge in [0.15, 0.2) is 5.13 Å². The number of carbonyl (C=O) groups is 1. The molecule has 120 valence electrons. The molecule has 4 nitrogen and oxygen atoms in total. The number of aryl methyl sites for hydroxylation is 1. The summed E-state index contributed by atoms with van der Waals surface area (Å²) in [6.07, 6.45) is 5.42. The largest absolute Gasteiger partial charge is 0.336 e. The summed E-state index contributed by atoms with van der Waals surface area (Å²) in [5.41, 5.74) is 1.80. The van der Waals surface area contributed by atoms with Gasteiger partial charge in [-0.2, -0.15) is 0 Å². The Morgan fingerprint density at radius 1 is 1.30 bits per heavy atom. The fourth-order valence-corrected chi connectivity index (χ4v) is 4.29. The van der Waals surface area contributed by atoms with Crippen LogP contribution in [0.4, 0.5) is 15.2 Å². The van der Waals surface area contributed by atoms with Gasteiger partial charge in [-0.05, 0) is 43.4 Å². The van der Waals surface area contributed by atoms with Crippen LogP contribution in [0.3, 0.4) is 0 Å². The smallest absolute Gasteiger partial charge is 0.249 e. The van der Waals surface area contributed by atoms with Crippen LogP contribution < -0.4 is 9.80 Å². The van der Waals surface area contributed by atoms with Crippen molar-refractivity contribution in [2.45, 2.75) is 31.7 Å². The van der Waals surface area contributed by atoms with Gasteiger partial charge in [-0.3, -0.25) is 4.79 Å². The van der Waals surface area contributed by atoms with E-state index in [0.29, 0.717) is 6.54 Å². The number of rotatable bonds is 2. The van der Waals surface area contributed by atoms with Crippen molar-refractivity contribution in [1.82, 2.24) is 4.98 Å². The molecule has 1 atom stereocenters. The first-order valence-corrected chi connectivity index (χ1v) is 8.88. The van der Waals surface area contributed by atoms with E-state index in [1.165, 1.54) is 12.1 Å². The lowest BCUT2D eigenvalue weighted by molar-refractivity contribution is -0.119.